The van der Waals surface area contributed by atoms with Gasteiger partial charge in [-0.15, -0.1) is 0 Å². The molecule has 2 aromatic carbocycles. The van der Waals surface area contributed by atoms with Crippen LogP contribution in [0.1, 0.15) is 55.8 Å². The molecule has 33 heavy (non-hydrogen) atoms. The Labute approximate surface area is 194 Å². The molecule has 3 amide bonds. The third-order valence-corrected chi connectivity index (χ3v) is 7.09. The first-order valence-electron chi connectivity index (χ1n) is 12.0. The number of benzene rings is 2. The Bertz CT molecular complexity index is 1080. The second-order valence-electron chi connectivity index (χ2n) is 9.29. The van der Waals surface area contributed by atoms with Gasteiger partial charge in [-0.2, -0.15) is 0 Å². The van der Waals surface area contributed by atoms with Gasteiger partial charge in [0.05, 0.1) is 11.0 Å². The number of amides is 3. The lowest BCUT2D eigenvalue weighted by Gasteiger charge is -2.38. The number of nitrogens with zero attached hydrogens (tertiary/aromatic N) is 2. The zero-order valence-corrected chi connectivity index (χ0v) is 18.8. The van der Waals surface area contributed by atoms with E-state index in [4.69, 9.17) is 4.98 Å². The van der Waals surface area contributed by atoms with Crippen LogP contribution in [0.25, 0.3) is 11.0 Å². The van der Waals surface area contributed by atoms with Crippen molar-refractivity contribution >= 4 is 23.0 Å². The molecule has 2 aliphatic rings. The number of H-pyrrole nitrogens is 1. The maximum absolute atomic E-state index is 13.6. The normalized spacial score (nSPS) is 18.4. The van der Waals surface area contributed by atoms with Gasteiger partial charge in [-0.1, -0.05) is 55.3 Å². The Hall–Kier alpha value is -3.35. The van der Waals surface area contributed by atoms with E-state index in [2.05, 4.69) is 15.6 Å². The fourth-order valence-electron chi connectivity index (χ4n) is 5.24. The van der Waals surface area contributed by atoms with Crippen LogP contribution in [0, 0.1) is 0 Å². The topological polar surface area (TPSA) is 90.1 Å². The number of hydrogen-bond donors (Lipinski definition) is 3. The molecule has 0 atom stereocenters. The first-order chi connectivity index (χ1) is 16.1. The number of urea groups is 1. The van der Waals surface area contributed by atoms with Crippen LogP contribution in [0.2, 0.25) is 0 Å². The zero-order valence-electron chi connectivity index (χ0n) is 18.8. The van der Waals surface area contributed by atoms with E-state index in [1.807, 2.05) is 59.5 Å². The average Bonchev–Trinajstić information content (AvgIpc) is 3.51. The molecular weight excluding hydrogens is 414 g/mol. The van der Waals surface area contributed by atoms with Gasteiger partial charge in [0.1, 0.15) is 11.4 Å². The largest absolute Gasteiger partial charge is 0.342 e. The molecule has 3 aromatic rings. The van der Waals surface area contributed by atoms with E-state index in [1.54, 1.807) is 0 Å². The first-order valence-corrected chi connectivity index (χ1v) is 12.0. The van der Waals surface area contributed by atoms with Crippen molar-refractivity contribution < 1.29 is 9.59 Å². The van der Waals surface area contributed by atoms with Crippen molar-refractivity contribution in [3.8, 4) is 0 Å². The van der Waals surface area contributed by atoms with E-state index in [-0.39, 0.29) is 11.9 Å². The van der Waals surface area contributed by atoms with Crippen molar-refractivity contribution in [3.05, 3.63) is 66.0 Å². The second kappa shape index (κ2) is 9.25. The van der Waals surface area contributed by atoms with Crippen LogP contribution in [-0.4, -0.2) is 45.4 Å². The number of aromatic amines is 1. The molecule has 0 unspecified atom stereocenters. The Balaban J connectivity index is 1.20. The molecule has 1 saturated carbocycles. The van der Waals surface area contributed by atoms with Crippen LogP contribution in [0.15, 0.2) is 54.6 Å². The van der Waals surface area contributed by atoms with Gasteiger partial charge in [0.2, 0.25) is 5.91 Å². The Morgan fingerprint density at radius 3 is 2.42 bits per heavy atom. The van der Waals surface area contributed by atoms with Crippen molar-refractivity contribution in [3.63, 3.8) is 0 Å². The second-order valence-corrected chi connectivity index (χ2v) is 9.29. The molecule has 1 saturated heterocycles. The van der Waals surface area contributed by atoms with E-state index in [0.29, 0.717) is 38.4 Å². The van der Waals surface area contributed by atoms with Crippen molar-refractivity contribution in [1.29, 1.82) is 0 Å². The smallest absolute Gasteiger partial charge is 0.315 e. The lowest BCUT2D eigenvalue weighted by Crippen LogP contribution is -2.60. The summed E-state index contributed by atoms with van der Waals surface area (Å²) in [7, 11) is 0. The summed E-state index contributed by atoms with van der Waals surface area (Å²) in [6, 6.07) is 17.6. The van der Waals surface area contributed by atoms with Gasteiger partial charge in [-0.05, 0) is 43.4 Å². The number of aromatic nitrogens is 2. The molecule has 172 valence electrons. The standard InChI is InChI=1S/C26H31N5O2/c32-24(26(14-6-7-15-26)30-25(33)27-18-19-8-2-1-3-9-19)31-16-12-20(13-17-31)23-28-21-10-4-5-11-22(21)29-23/h1-5,8-11,20H,6-7,12-18H2,(H,28,29)(H2,27,30,33). The van der Waals surface area contributed by atoms with E-state index in [0.717, 1.165) is 48.1 Å². The highest BCUT2D eigenvalue weighted by Crippen LogP contribution is 2.34. The summed E-state index contributed by atoms with van der Waals surface area (Å²) in [5, 5.41) is 5.98. The zero-order chi connectivity index (χ0) is 22.7. The molecular formula is C26H31N5O2. The first kappa shape index (κ1) is 21.5. The lowest BCUT2D eigenvalue weighted by molar-refractivity contribution is -0.139. The maximum atomic E-state index is 13.6. The molecule has 7 heteroatoms. The van der Waals surface area contributed by atoms with Gasteiger partial charge in [0, 0.05) is 25.6 Å². The average molecular weight is 446 g/mol. The van der Waals surface area contributed by atoms with E-state index >= 15 is 0 Å². The molecule has 0 bridgehead atoms. The number of imidazole rings is 1. The van der Waals surface area contributed by atoms with E-state index < -0.39 is 5.54 Å². The molecule has 0 radical (unpaired) electrons. The highest BCUT2D eigenvalue weighted by atomic mass is 16.2. The van der Waals surface area contributed by atoms with Gasteiger partial charge >= 0.3 is 6.03 Å². The SMILES string of the molecule is O=C(NCc1ccccc1)NC1(C(=O)N2CCC(c3nc4ccccc4[nH]3)CC2)CCCC1. The molecule has 1 aliphatic carbocycles. The minimum atomic E-state index is -0.785. The van der Waals surface area contributed by atoms with Crippen molar-refractivity contribution in [1.82, 2.24) is 25.5 Å². The molecule has 2 fully saturated rings. The summed E-state index contributed by atoms with van der Waals surface area (Å²) >= 11 is 0. The summed E-state index contributed by atoms with van der Waals surface area (Å²) in [6.45, 7) is 1.82. The summed E-state index contributed by atoms with van der Waals surface area (Å²) in [6.07, 6.45) is 5.08. The number of rotatable bonds is 5. The Morgan fingerprint density at radius 2 is 1.70 bits per heavy atom. The van der Waals surface area contributed by atoms with Crippen LogP contribution in [0.3, 0.4) is 0 Å². The van der Waals surface area contributed by atoms with Crippen molar-refractivity contribution in [2.24, 2.45) is 0 Å². The number of piperidine rings is 1. The minimum Gasteiger partial charge on any atom is -0.342 e. The van der Waals surface area contributed by atoms with Crippen LogP contribution < -0.4 is 10.6 Å². The van der Waals surface area contributed by atoms with Crippen molar-refractivity contribution in [2.45, 2.75) is 56.5 Å². The third kappa shape index (κ3) is 4.58. The minimum absolute atomic E-state index is 0.0675. The molecule has 1 aromatic heterocycles. The summed E-state index contributed by atoms with van der Waals surface area (Å²) in [4.78, 5) is 36.4. The van der Waals surface area contributed by atoms with E-state index in [9.17, 15) is 9.59 Å². The number of fused-ring (bicyclic) bond motifs is 1. The fraction of sp³-hybridized carbons (Fsp3) is 0.423. The summed E-state index contributed by atoms with van der Waals surface area (Å²) in [5.74, 6) is 1.40. The highest BCUT2D eigenvalue weighted by molar-refractivity contribution is 5.91. The fourth-order valence-corrected chi connectivity index (χ4v) is 5.24. The number of hydrogen-bond acceptors (Lipinski definition) is 3. The number of para-hydroxylation sites is 2. The number of likely N-dealkylation sites (tertiary alicyclic amines) is 1. The van der Waals surface area contributed by atoms with Gasteiger partial charge < -0.3 is 20.5 Å². The Kier molecular flexibility index (Phi) is 6.03. The summed E-state index contributed by atoms with van der Waals surface area (Å²) in [5.41, 5.74) is 2.29. The monoisotopic (exact) mass is 445 g/mol. The van der Waals surface area contributed by atoms with Crippen LogP contribution in [0.5, 0.6) is 0 Å². The van der Waals surface area contributed by atoms with Crippen LogP contribution in [0.4, 0.5) is 4.79 Å². The quantitative estimate of drug-likeness (QED) is 0.553. The summed E-state index contributed by atoms with van der Waals surface area (Å²) < 4.78 is 0. The third-order valence-electron chi connectivity index (χ3n) is 7.09. The van der Waals surface area contributed by atoms with Gasteiger partial charge in [-0.3, -0.25) is 4.79 Å². The maximum Gasteiger partial charge on any atom is 0.315 e. The molecule has 2 heterocycles. The van der Waals surface area contributed by atoms with Gasteiger partial charge in [0.25, 0.3) is 0 Å². The predicted octanol–water partition coefficient (Wildman–Crippen LogP) is 4.08. The molecule has 1 aliphatic heterocycles. The number of nitrogens with one attached hydrogen (secondary N) is 3. The van der Waals surface area contributed by atoms with Crippen LogP contribution >= 0.6 is 0 Å². The predicted molar refractivity (Wildman–Crippen MR) is 128 cm³/mol. The molecule has 3 N–H and O–H groups in total. The van der Waals surface area contributed by atoms with E-state index in [1.165, 1.54) is 0 Å². The molecule has 7 nitrogen and oxygen atoms in total. The Morgan fingerprint density at radius 1 is 1.00 bits per heavy atom. The molecule has 0 spiro atoms. The lowest BCUT2D eigenvalue weighted by atomic mass is 9.91. The number of carbonyl (C=O) groups is 2. The highest BCUT2D eigenvalue weighted by Gasteiger charge is 2.45. The van der Waals surface area contributed by atoms with Gasteiger partial charge in [-0.25, -0.2) is 9.78 Å². The number of carbonyl (C=O) groups excluding carboxylic acids is 2. The van der Waals surface area contributed by atoms with Crippen molar-refractivity contribution in [2.75, 3.05) is 13.1 Å². The van der Waals surface area contributed by atoms with Gasteiger partial charge in [0.15, 0.2) is 0 Å². The van der Waals surface area contributed by atoms with Crippen LogP contribution in [-0.2, 0) is 11.3 Å². The molecule has 5 rings (SSSR count).